The summed E-state index contributed by atoms with van der Waals surface area (Å²) < 4.78 is 28.0. The van der Waals surface area contributed by atoms with E-state index in [2.05, 4.69) is 15.0 Å². The number of hydrogen-bond donors (Lipinski definition) is 2. The van der Waals surface area contributed by atoms with Gasteiger partial charge in [-0.1, -0.05) is 35.3 Å². The number of rotatable bonds is 7. The Bertz CT molecular complexity index is 1170. The number of nitrogens with zero attached hydrogens (tertiary/aromatic N) is 1. The molecule has 2 N–H and O–H groups in total. The van der Waals surface area contributed by atoms with Crippen molar-refractivity contribution >= 4 is 44.8 Å². The molecule has 0 radical (unpaired) electrons. The summed E-state index contributed by atoms with van der Waals surface area (Å²) >= 11 is 12.2. The zero-order valence-electron chi connectivity index (χ0n) is 16.0. The fraction of sp³-hybridized carbons (Fsp3) is 0.143. The van der Waals surface area contributed by atoms with Crippen LogP contribution in [0.2, 0.25) is 10.0 Å². The lowest BCUT2D eigenvalue weighted by atomic mass is 10.2. The first-order valence-corrected chi connectivity index (χ1v) is 11.3. The summed E-state index contributed by atoms with van der Waals surface area (Å²) in [6.45, 7) is 2.18. The topological polar surface area (TPSA) is 88.2 Å². The van der Waals surface area contributed by atoms with E-state index in [9.17, 15) is 13.2 Å². The minimum absolute atomic E-state index is 0.0765. The summed E-state index contributed by atoms with van der Waals surface area (Å²) in [5, 5.41) is 3.35. The first kappa shape index (κ1) is 22.1. The predicted octanol–water partition coefficient (Wildman–Crippen LogP) is 4.47. The number of pyridine rings is 1. The van der Waals surface area contributed by atoms with E-state index in [1.807, 2.05) is 19.1 Å². The summed E-state index contributed by atoms with van der Waals surface area (Å²) in [4.78, 5) is 16.5. The van der Waals surface area contributed by atoms with Crippen LogP contribution in [0.3, 0.4) is 0 Å². The Morgan fingerprint density at radius 1 is 1.07 bits per heavy atom. The number of aromatic nitrogens is 1. The van der Waals surface area contributed by atoms with E-state index < -0.39 is 15.9 Å². The number of halogens is 2. The van der Waals surface area contributed by atoms with Crippen LogP contribution in [0, 0.1) is 6.92 Å². The number of sulfonamides is 1. The molecule has 0 unspecified atom stereocenters. The van der Waals surface area contributed by atoms with Crippen molar-refractivity contribution in [3.05, 3.63) is 87.7 Å². The van der Waals surface area contributed by atoms with Crippen LogP contribution in [-0.4, -0.2) is 25.9 Å². The average Bonchev–Trinajstić information content (AvgIpc) is 2.71. The number of carbonyl (C=O) groups is 1. The van der Waals surface area contributed by atoms with E-state index in [0.717, 1.165) is 11.1 Å². The molecule has 1 amide bonds. The van der Waals surface area contributed by atoms with Crippen LogP contribution in [-0.2, 0) is 16.4 Å². The molecular weight excluding hydrogens is 445 g/mol. The Labute approximate surface area is 185 Å². The smallest absolute Gasteiger partial charge is 0.261 e. The molecule has 3 rings (SSSR count). The molecule has 0 spiro atoms. The van der Waals surface area contributed by atoms with Gasteiger partial charge in [-0.15, -0.1) is 0 Å². The van der Waals surface area contributed by atoms with E-state index in [1.54, 1.807) is 24.5 Å². The first-order chi connectivity index (χ1) is 14.3. The van der Waals surface area contributed by atoms with Crippen LogP contribution in [0.4, 0.5) is 5.69 Å². The minimum atomic E-state index is -3.93. The van der Waals surface area contributed by atoms with Crippen LogP contribution < -0.4 is 10.0 Å². The minimum Gasteiger partial charge on any atom is -0.352 e. The highest BCUT2D eigenvalue weighted by atomic mass is 35.5. The third kappa shape index (κ3) is 5.50. The third-order valence-electron chi connectivity index (χ3n) is 4.34. The molecule has 0 saturated carbocycles. The molecule has 3 aromatic rings. The summed E-state index contributed by atoms with van der Waals surface area (Å²) in [6, 6.07) is 12.5. The van der Waals surface area contributed by atoms with E-state index in [4.69, 9.17) is 23.2 Å². The van der Waals surface area contributed by atoms with Gasteiger partial charge in [-0.3, -0.25) is 14.5 Å². The highest BCUT2D eigenvalue weighted by molar-refractivity contribution is 7.92. The second-order valence-corrected chi connectivity index (χ2v) is 9.08. The van der Waals surface area contributed by atoms with Gasteiger partial charge in [-0.2, -0.15) is 0 Å². The Morgan fingerprint density at radius 3 is 2.57 bits per heavy atom. The number of carbonyl (C=O) groups excluding carboxylic acids is 1. The molecule has 0 aliphatic carbocycles. The highest BCUT2D eigenvalue weighted by Gasteiger charge is 2.19. The van der Waals surface area contributed by atoms with Crippen LogP contribution in [0.25, 0.3) is 0 Å². The number of amides is 1. The molecule has 6 nitrogen and oxygen atoms in total. The number of anilines is 1. The van der Waals surface area contributed by atoms with Gasteiger partial charge in [0.05, 0.1) is 21.2 Å². The van der Waals surface area contributed by atoms with Crippen molar-refractivity contribution in [1.29, 1.82) is 0 Å². The van der Waals surface area contributed by atoms with E-state index in [-0.39, 0.29) is 15.5 Å². The van der Waals surface area contributed by atoms with E-state index >= 15 is 0 Å². The molecule has 30 heavy (non-hydrogen) atoms. The SMILES string of the molecule is Cc1ccc(NS(=O)(=O)c2ccc(Cl)c(C(=O)NCCc3cccnc3)c2)cc1Cl. The molecule has 9 heteroatoms. The van der Waals surface area contributed by atoms with E-state index in [0.29, 0.717) is 23.7 Å². The molecule has 0 saturated heterocycles. The second kappa shape index (κ2) is 9.47. The quantitative estimate of drug-likeness (QED) is 0.540. The molecular formula is C21H19Cl2N3O3S. The third-order valence-corrected chi connectivity index (χ3v) is 6.45. The standard InChI is InChI=1S/C21H19Cl2N3O3S/c1-14-4-5-16(11-20(14)23)26-30(28,29)17-6-7-19(22)18(12-17)21(27)25-10-8-15-3-2-9-24-13-15/h2-7,9,11-13,26H,8,10H2,1H3,(H,25,27). The van der Waals surface area contributed by atoms with Crippen molar-refractivity contribution in [3.8, 4) is 0 Å². The average molecular weight is 464 g/mol. The molecule has 1 aromatic heterocycles. The Balaban J connectivity index is 1.74. The Hall–Kier alpha value is -2.61. The van der Waals surface area contributed by atoms with Gasteiger partial charge in [0.1, 0.15) is 0 Å². The first-order valence-electron chi connectivity index (χ1n) is 9.02. The normalized spacial score (nSPS) is 11.2. The molecule has 0 fully saturated rings. The lowest BCUT2D eigenvalue weighted by Crippen LogP contribution is -2.26. The molecule has 0 bridgehead atoms. The van der Waals surface area contributed by atoms with Crippen molar-refractivity contribution in [3.63, 3.8) is 0 Å². The Morgan fingerprint density at radius 2 is 1.87 bits per heavy atom. The lowest BCUT2D eigenvalue weighted by molar-refractivity contribution is 0.0954. The summed E-state index contributed by atoms with van der Waals surface area (Å²) in [7, 11) is -3.93. The van der Waals surface area contributed by atoms with Gasteiger partial charge in [0.25, 0.3) is 15.9 Å². The molecule has 2 aromatic carbocycles. The van der Waals surface area contributed by atoms with Crippen molar-refractivity contribution in [1.82, 2.24) is 10.3 Å². The van der Waals surface area contributed by atoms with Crippen molar-refractivity contribution < 1.29 is 13.2 Å². The second-order valence-electron chi connectivity index (χ2n) is 6.58. The van der Waals surface area contributed by atoms with Crippen molar-refractivity contribution in [2.75, 3.05) is 11.3 Å². The van der Waals surface area contributed by atoms with Crippen molar-refractivity contribution in [2.24, 2.45) is 0 Å². The Kier molecular flexibility index (Phi) is 6.97. The fourth-order valence-corrected chi connectivity index (χ4v) is 4.14. The van der Waals surface area contributed by atoms with Crippen LogP contribution >= 0.6 is 23.2 Å². The molecule has 0 aliphatic rings. The summed E-state index contributed by atoms with van der Waals surface area (Å²) in [5.41, 5.74) is 2.20. The molecule has 0 atom stereocenters. The monoisotopic (exact) mass is 463 g/mol. The zero-order chi connectivity index (χ0) is 21.7. The van der Waals surface area contributed by atoms with Crippen LogP contribution in [0.15, 0.2) is 65.8 Å². The fourth-order valence-electron chi connectivity index (χ4n) is 2.68. The number of aryl methyl sites for hydroxylation is 1. The van der Waals surface area contributed by atoms with Gasteiger partial charge in [0.2, 0.25) is 0 Å². The maximum atomic E-state index is 12.7. The van der Waals surface area contributed by atoms with Gasteiger partial charge in [0.15, 0.2) is 0 Å². The largest absolute Gasteiger partial charge is 0.352 e. The van der Waals surface area contributed by atoms with E-state index in [1.165, 1.54) is 24.3 Å². The summed E-state index contributed by atoms with van der Waals surface area (Å²) in [5.74, 6) is -0.459. The van der Waals surface area contributed by atoms with Gasteiger partial charge >= 0.3 is 0 Å². The van der Waals surface area contributed by atoms with Gasteiger partial charge < -0.3 is 5.32 Å². The summed E-state index contributed by atoms with van der Waals surface area (Å²) in [6.07, 6.45) is 3.98. The maximum absolute atomic E-state index is 12.7. The van der Waals surface area contributed by atoms with Crippen LogP contribution in [0.5, 0.6) is 0 Å². The number of benzene rings is 2. The number of hydrogen-bond acceptors (Lipinski definition) is 4. The molecule has 0 aliphatic heterocycles. The lowest BCUT2D eigenvalue weighted by Gasteiger charge is -2.12. The van der Waals surface area contributed by atoms with Crippen LogP contribution in [0.1, 0.15) is 21.5 Å². The van der Waals surface area contributed by atoms with Crippen molar-refractivity contribution in [2.45, 2.75) is 18.2 Å². The van der Waals surface area contributed by atoms with Gasteiger partial charge in [0, 0.05) is 24.0 Å². The zero-order valence-corrected chi connectivity index (χ0v) is 18.4. The molecule has 1 heterocycles. The predicted molar refractivity (Wildman–Crippen MR) is 119 cm³/mol. The molecule has 156 valence electrons. The highest BCUT2D eigenvalue weighted by Crippen LogP contribution is 2.25. The van der Waals surface area contributed by atoms with Gasteiger partial charge in [-0.05, 0) is 60.9 Å². The number of nitrogens with one attached hydrogen (secondary N) is 2. The maximum Gasteiger partial charge on any atom is 0.261 e. The van der Waals surface area contributed by atoms with Gasteiger partial charge in [-0.25, -0.2) is 8.42 Å².